The number of benzene rings is 2. The first-order valence-electron chi connectivity index (χ1n) is 10.5. The van der Waals surface area contributed by atoms with E-state index in [1.165, 1.54) is 0 Å². The summed E-state index contributed by atoms with van der Waals surface area (Å²) in [4.78, 5) is 35.1. The Hall–Kier alpha value is -3.75. The normalized spacial score (nSPS) is 11.7. The Bertz CT molecular complexity index is 909. The Morgan fingerprint density at radius 1 is 0.939 bits per heavy atom. The molecule has 178 valence electrons. The molecular weight excluding hydrogens is 428 g/mol. The SMILES string of the molecule is CC(C)(C)OC(=O)N[C@@H](Cc1ccc(OCCNC(=O)OCc2ccccc2)cc1)C(=O)O. The lowest BCUT2D eigenvalue weighted by atomic mass is 10.1. The number of ether oxygens (including phenoxy) is 3. The van der Waals surface area contributed by atoms with Crippen molar-refractivity contribution in [1.29, 1.82) is 0 Å². The lowest BCUT2D eigenvalue weighted by molar-refractivity contribution is -0.139. The molecule has 0 heterocycles. The number of alkyl carbamates (subject to hydrolysis) is 2. The molecule has 0 spiro atoms. The van der Waals surface area contributed by atoms with E-state index in [4.69, 9.17) is 14.2 Å². The van der Waals surface area contributed by atoms with Crippen LogP contribution < -0.4 is 15.4 Å². The van der Waals surface area contributed by atoms with E-state index in [1.807, 2.05) is 30.3 Å². The molecule has 1 atom stereocenters. The van der Waals surface area contributed by atoms with Crippen molar-refractivity contribution in [1.82, 2.24) is 10.6 Å². The van der Waals surface area contributed by atoms with Crippen molar-refractivity contribution in [3.63, 3.8) is 0 Å². The number of nitrogens with one attached hydrogen (secondary N) is 2. The first kappa shape index (κ1) is 25.5. The smallest absolute Gasteiger partial charge is 0.408 e. The van der Waals surface area contributed by atoms with Crippen LogP contribution in [0.3, 0.4) is 0 Å². The van der Waals surface area contributed by atoms with Crippen LogP contribution in [0.4, 0.5) is 9.59 Å². The maximum absolute atomic E-state index is 11.9. The van der Waals surface area contributed by atoms with Gasteiger partial charge in [0.05, 0.1) is 6.54 Å². The quantitative estimate of drug-likeness (QED) is 0.466. The van der Waals surface area contributed by atoms with Crippen molar-refractivity contribution in [2.45, 2.75) is 45.4 Å². The molecule has 2 aromatic carbocycles. The van der Waals surface area contributed by atoms with Gasteiger partial charge < -0.3 is 30.0 Å². The lowest BCUT2D eigenvalue weighted by Gasteiger charge is -2.22. The molecule has 0 fully saturated rings. The Labute approximate surface area is 193 Å². The van der Waals surface area contributed by atoms with Crippen LogP contribution >= 0.6 is 0 Å². The van der Waals surface area contributed by atoms with Crippen molar-refractivity contribution < 1.29 is 33.7 Å². The molecule has 0 bridgehead atoms. The fraction of sp³-hybridized carbons (Fsp3) is 0.375. The topological polar surface area (TPSA) is 123 Å². The fourth-order valence-electron chi connectivity index (χ4n) is 2.70. The van der Waals surface area contributed by atoms with E-state index in [1.54, 1.807) is 45.0 Å². The zero-order chi connectivity index (χ0) is 24.3. The summed E-state index contributed by atoms with van der Waals surface area (Å²) in [6.45, 7) is 5.78. The van der Waals surface area contributed by atoms with Gasteiger partial charge in [0.15, 0.2) is 0 Å². The van der Waals surface area contributed by atoms with E-state index in [2.05, 4.69) is 10.6 Å². The van der Waals surface area contributed by atoms with Crippen LogP contribution in [-0.4, -0.2) is 48.1 Å². The monoisotopic (exact) mass is 458 g/mol. The van der Waals surface area contributed by atoms with E-state index < -0.39 is 29.8 Å². The molecule has 0 aliphatic carbocycles. The molecule has 0 aliphatic heterocycles. The minimum atomic E-state index is -1.16. The number of carbonyl (C=O) groups is 3. The van der Waals surface area contributed by atoms with Gasteiger partial charge in [-0.2, -0.15) is 0 Å². The van der Waals surface area contributed by atoms with Crippen LogP contribution in [0.5, 0.6) is 5.75 Å². The highest BCUT2D eigenvalue weighted by Crippen LogP contribution is 2.14. The Balaban J connectivity index is 1.72. The molecular formula is C24H30N2O7. The zero-order valence-electron chi connectivity index (χ0n) is 19.0. The number of amides is 2. The third kappa shape index (κ3) is 10.4. The predicted molar refractivity (Wildman–Crippen MR) is 121 cm³/mol. The summed E-state index contributed by atoms with van der Waals surface area (Å²) >= 11 is 0. The average Bonchev–Trinajstić information content (AvgIpc) is 2.75. The van der Waals surface area contributed by atoms with Gasteiger partial charge in [0, 0.05) is 6.42 Å². The van der Waals surface area contributed by atoms with E-state index in [0.717, 1.165) is 5.56 Å². The molecule has 9 heteroatoms. The summed E-state index contributed by atoms with van der Waals surface area (Å²) < 4.78 is 15.8. The molecule has 9 nitrogen and oxygen atoms in total. The minimum absolute atomic E-state index is 0.0870. The van der Waals surface area contributed by atoms with E-state index in [-0.39, 0.29) is 26.2 Å². The van der Waals surface area contributed by atoms with Gasteiger partial charge in [0.1, 0.15) is 30.6 Å². The van der Waals surface area contributed by atoms with Crippen molar-refractivity contribution >= 4 is 18.2 Å². The molecule has 0 saturated carbocycles. The highest BCUT2D eigenvalue weighted by atomic mass is 16.6. The second kappa shape index (κ2) is 12.3. The number of carbonyl (C=O) groups excluding carboxylic acids is 2. The maximum Gasteiger partial charge on any atom is 0.408 e. The Morgan fingerprint density at radius 3 is 2.21 bits per heavy atom. The number of rotatable bonds is 10. The number of carboxylic acids is 1. The van der Waals surface area contributed by atoms with Gasteiger partial charge in [0.25, 0.3) is 0 Å². The average molecular weight is 459 g/mol. The molecule has 0 unspecified atom stereocenters. The molecule has 2 aromatic rings. The third-order valence-electron chi connectivity index (χ3n) is 4.21. The summed E-state index contributed by atoms with van der Waals surface area (Å²) in [7, 11) is 0. The highest BCUT2D eigenvalue weighted by Gasteiger charge is 2.24. The van der Waals surface area contributed by atoms with E-state index >= 15 is 0 Å². The van der Waals surface area contributed by atoms with Crippen LogP contribution in [0, 0.1) is 0 Å². The summed E-state index contributed by atoms with van der Waals surface area (Å²) in [5, 5.41) is 14.4. The zero-order valence-corrected chi connectivity index (χ0v) is 19.0. The molecule has 0 saturated heterocycles. The molecule has 2 amide bonds. The van der Waals surface area contributed by atoms with E-state index in [9.17, 15) is 19.5 Å². The largest absolute Gasteiger partial charge is 0.492 e. The minimum Gasteiger partial charge on any atom is -0.492 e. The molecule has 0 radical (unpaired) electrons. The van der Waals surface area contributed by atoms with Crippen molar-refractivity contribution in [3.05, 3.63) is 65.7 Å². The molecule has 0 aliphatic rings. The Kier molecular flexibility index (Phi) is 9.53. The van der Waals surface area contributed by atoms with Gasteiger partial charge in [-0.05, 0) is 44.0 Å². The maximum atomic E-state index is 11.9. The molecule has 3 N–H and O–H groups in total. The summed E-state index contributed by atoms with van der Waals surface area (Å²) in [6, 6.07) is 15.0. The Morgan fingerprint density at radius 2 is 1.61 bits per heavy atom. The van der Waals surface area contributed by atoms with Crippen LogP contribution in [-0.2, 0) is 27.3 Å². The van der Waals surface area contributed by atoms with Gasteiger partial charge in [-0.25, -0.2) is 14.4 Å². The van der Waals surface area contributed by atoms with Crippen molar-refractivity contribution in [2.24, 2.45) is 0 Å². The number of carboxylic acid groups (broad SMARTS) is 1. The van der Waals surface area contributed by atoms with Gasteiger partial charge >= 0.3 is 18.2 Å². The highest BCUT2D eigenvalue weighted by molar-refractivity contribution is 5.80. The number of aliphatic carboxylic acids is 1. The lowest BCUT2D eigenvalue weighted by Crippen LogP contribution is -2.44. The second-order valence-corrected chi connectivity index (χ2v) is 8.22. The molecule has 0 aromatic heterocycles. The standard InChI is InChI=1S/C24H30N2O7/c1-24(2,3)33-23(30)26-20(21(27)28)15-17-9-11-19(12-10-17)31-14-13-25-22(29)32-16-18-7-5-4-6-8-18/h4-12,20H,13-16H2,1-3H3,(H,25,29)(H,26,30)(H,27,28)/t20-/m0/s1. The van der Waals surface area contributed by atoms with Crippen LogP contribution in [0.15, 0.2) is 54.6 Å². The fourth-order valence-corrected chi connectivity index (χ4v) is 2.70. The number of hydrogen-bond donors (Lipinski definition) is 3. The van der Waals surface area contributed by atoms with Gasteiger partial charge in [-0.15, -0.1) is 0 Å². The molecule has 33 heavy (non-hydrogen) atoms. The first-order chi connectivity index (χ1) is 15.6. The van der Waals surface area contributed by atoms with Crippen molar-refractivity contribution in [2.75, 3.05) is 13.2 Å². The summed E-state index contributed by atoms with van der Waals surface area (Å²) in [5.41, 5.74) is 0.878. The predicted octanol–water partition coefficient (Wildman–Crippen LogP) is 3.51. The first-order valence-corrected chi connectivity index (χ1v) is 10.5. The van der Waals surface area contributed by atoms with Crippen LogP contribution in [0.25, 0.3) is 0 Å². The van der Waals surface area contributed by atoms with Crippen LogP contribution in [0.1, 0.15) is 31.9 Å². The third-order valence-corrected chi connectivity index (χ3v) is 4.21. The summed E-state index contributed by atoms with van der Waals surface area (Å²) in [5.74, 6) is -0.600. The van der Waals surface area contributed by atoms with Gasteiger partial charge in [-0.1, -0.05) is 42.5 Å². The van der Waals surface area contributed by atoms with Gasteiger partial charge in [0.2, 0.25) is 0 Å². The second-order valence-electron chi connectivity index (χ2n) is 8.22. The van der Waals surface area contributed by atoms with Crippen molar-refractivity contribution in [3.8, 4) is 5.75 Å². The van der Waals surface area contributed by atoms with Crippen LogP contribution in [0.2, 0.25) is 0 Å². The van der Waals surface area contributed by atoms with Gasteiger partial charge in [-0.3, -0.25) is 0 Å². The van der Waals surface area contributed by atoms with E-state index in [0.29, 0.717) is 11.3 Å². The summed E-state index contributed by atoms with van der Waals surface area (Å²) in [6.07, 6.45) is -1.23. The number of hydrogen-bond acceptors (Lipinski definition) is 6. The molecule has 2 rings (SSSR count).